The van der Waals surface area contributed by atoms with Crippen molar-refractivity contribution >= 4 is 5.69 Å². The van der Waals surface area contributed by atoms with Gasteiger partial charge < -0.3 is 15.4 Å². The molecule has 0 aromatic heterocycles. The van der Waals surface area contributed by atoms with Crippen LogP contribution in [0, 0.1) is 5.92 Å². The van der Waals surface area contributed by atoms with Gasteiger partial charge in [-0.1, -0.05) is 6.92 Å². The Morgan fingerprint density at radius 2 is 2.12 bits per heavy atom. The number of ether oxygens (including phenoxy) is 1. The van der Waals surface area contributed by atoms with Gasteiger partial charge in [-0.2, -0.15) is 0 Å². The molecule has 3 rings (SSSR count). The molecule has 3 heteroatoms. The number of nitrogens with two attached hydrogens (primary N) is 1. The van der Waals surface area contributed by atoms with Crippen molar-refractivity contribution in [3.05, 3.63) is 23.8 Å². The van der Waals surface area contributed by atoms with Crippen LogP contribution in [0.5, 0.6) is 5.75 Å². The Hall–Kier alpha value is -1.22. The van der Waals surface area contributed by atoms with Gasteiger partial charge in [0, 0.05) is 35.7 Å². The molecule has 0 amide bonds. The van der Waals surface area contributed by atoms with Gasteiger partial charge in [0.15, 0.2) is 0 Å². The molecule has 0 saturated carbocycles. The van der Waals surface area contributed by atoms with Crippen LogP contribution < -0.4 is 10.5 Å². The van der Waals surface area contributed by atoms with Crippen LogP contribution in [0.4, 0.5) is 5.69 Å². The van der Waals surface area contributed by atoms with Gasteiger partial charge in [0.25, 0.3) is 0 Å². The molecule has 0 aliphatic carbocycles. The lowest BCUT2D eigenvalue weighted by Crippen LogP contribution is -2.50. The van der Waals surface area contributed by atoms with Gasteiger partial charge in [0.05, 0.1) is 0 Å². The molecule has 2 N–H and O–H groups in total. The summed E-state index contributed by atoms with van der Waals surface area (Å²) in [6, 6.07) is 6.54. The number of hydrogen-bond acceptors (Lipinski definition) is 3. The number of rotatable bonds is 0. The fraction of sp³-hybridized carbons (Fsp3) is 0.571. The summed E-state index contributed by atoms with van der Waals surface area (Å²) in [7, 11) is 2.20. The van der Waals surface area contributed by atoms with Crippen molar-refractivity contribution in [2.75, 3.05) is 19.3 Å². The first-order chi connectivity index (χ1) is 8.08. The standard InChI is InChI=1S/C14H20N2O/c1-8-7-16(3)9(2)13-11-6-10(15)4-5-12(11)17-14(8)13/h4-6,8-9,13-14H,7,15H2,1-3H3. The van der Waals surface area contributed by atoms with Crippen molar-refractivity contribution in [2.24, 2.45) is 5.92 Å². The molecule has 1 saturated heterocycles. The highest BCUT2D eigenvalue weighted by atomic mass is 16.5. The first kappa shape index (κ1) is 10.9. The molecule has 0 spiro atoms. The molecule has 2 heterocycles. The number of anilines is 1. The fourth-order valence-electron chi connectivity index (χ4n) is 3.33. The first-order valence-electron chi connectivity index (χ1n) is 6.34. The molecule has 3 nitrogen and oxygen atoms in total. The zero-order valence-corrected chi connectivity index (χ0v) is 10.7. The number of hydrogen-bond donors (Lipinski definition) is 1. The van der Waals surface area contributed by atoms with Gasteiger partial charge in [0.1, 0.15) is 11.9 Å². The molecule has 1 aromatic carbocycles. The van der Waals surface area contributed by atoms with E-state index in [2.05, 4.69) is 31.9 Å². The van der Waals surface area contributed by atoms with Gasteiger partial charge in [-0.25, -0.2) is 0 Å². The monoisotopic (exact) mass is 232 g/mol. The number of benzene rings is 1. The lowest BCUT2D eigenvalue weighted by molar-refractivity contribution is 0.0327. The molecule has 17 heavy (non-hydrogen) atoms. The Balaban J connectivity index is 2.05. The summed E-state index contributed by atoms with van der Waals surface area (Å²) in [5, 5.41) is 0. The molecular weight excluding hydrogens is 212 g/mol. The fourth-order valence-corrected chi connectivity index (χ4v) is 3.33. The largest absolute Gasteiger partial charge is 0.489 e. The van der Waals surface area contributed by atoms with Gasteiger partial charge in [0.2, 0.25) is 0 Å². The number of likely N-dealkylation sites (N-methyl/N-ethyl adjacent to an activating group) is 1. The number of likely N-dealkylation sites (tertiary alicyclic amines) is 1. The minimum Gasteiger partial charge on any atom is -0.489 e. The summed E-state index contributed by atoms with van der Waals surface area (Å²) in [5.74, 6) is 2.06. The molecule has 2 aliphatic heterocycles. The highest BCUT2D eigenvalue weighted by Crippen LogP contribution is 2.47. The van der Waals surface area contributed by atoms with Crippen LogP contribution in [0.15, 0.2) is 18.2 Å². The third-order valence-electron chi connectivity index (χ3n) is 4.36. The molecule has 1 aromatic rings. The van der Waals surface area contributed by atoms with E-state index in [1.54, 1.807) is 0 Å². The van der Waals surface area contributed by atoms with E-state index in [0.29, 0.717) is 24.0 Å². The Morgan fingerprint density at radius 1 is 1.35 bits per heavy atom. The average Bonchev–Trinajstić information content (AvgIpc) is 2.65. The van der Waals surface area contributed by atoms with Gasteiger partial charge >= 0.3 is 0 Å². The summed E-state index contributed by atoms with van der Waals surface area (Å²) in [6.45, 7) is 5.66. The number of fused-ring (bicyclic) bond motifs is 3. The predicted octanol–water partition coefficient (Wildman–Crippen LogP) is 2.08. The molecule has 4 atom stereocenters. The summed E-state index contributed by atoms with van der Waals surface area (Å²) in [5.41, 5.74) is 8.03. The summed E-state index contributed by atoms with van der Waals surface area (Å²) in [4.78, 5) is 2.42. The van der Waals surface area contributed by atoms with Crippen LogP contribution in [0.3, 0.4) is 0 Å². The molecular formula is C14H20N2O. The van der Waals surface area contributed by atoms with Crippen molar-refractivity contribution in [1.82, 2.24) is 4.90 Å². The van der Waals surface area contributed by atoms with Crippen LogP contribution in [0.2, 0.25) is 0 Å². The maximum Gasteiger partial charge on any atom is 0.123 e. The van der Waals surface area contributed by atoms with Crippen LogP contribution in [0.1, 0.15) is 25.3 Å². The van der Waals surface area contributed by atoms with Crippen LogP contribution in [-0.2, 0) is 0 Å². The summed E-state index contributed by atoms with van der Waals surface area (Å²) >= 11 is 0. The second kappa shape index (κ2) is 3.64. The highest BCUT2D eigenvalue weighted by Gasteiger charge is 2.45. The van der Waals surface area contributed by atoms with E-state index in [1.807, 2.05) is 12.1 Å². The van der Waals surface area contributed by atoms with E-state index in [-0.39, 0.29) is 0 Å². The molecule has 92 valence electrons. The summed E-state index contributed by atoms with van der Waals surface area (Å²) in [6.07, 6.45) is 0.318. The molecule has 0 radical (unpaired) electrons. The minimum atomic E-state index is 0.318. The van der Waals surface area contributed by atoms with E-state index in [9.17, 15) is 0 Å². The van der Waals surface area contributed by atoms with Crippen molar-refractivity contribution in [3.63, 3.8) is 0 Å². The second-order valence-corrected chi connectivity index (χ2v) is 5.56. The first-order valence-corrected chi connectivity index (χ1v) is 6.34. The van der Waals surface area contributed by atoms with E-state index in [0.717, 1.165) is 18.0 Å². The Morgan fingerprint density at radius 3 is 2.88 bits per heavy atom. The van der Waals surface area contributed by atoms with E-state index < -0.39 is 0 Å². The van der Waals surface area contributed by atoms with Crippen molar-refractivity contribution in [2.45, 2.75) is 31.9 Å². The smallest absolute Gasteiger partial charge is 0.123 e. The lowest BCUT2D eigenvalue weighted by Gasteiger charge is -2.41. The third-order valence-corrected chi connectivity index (χ3v) is 4.36. The number of piperidine rings is 1. The minimum absolute atomic E-state index is 0.318. The van der Waals surface area contributed by atoms with E-state index in [1.165, 1.54) is 5.56 Å². The quantitative estimate of drug-likeness (QED) is 0.696. The Kier molecular flexibility index (Phi) is 2.33. The summed E-state index contributed by atoms with van der Waals surface area (Å²) < 4.78 is 6.11. The maximum absolute atomic E-state index is 6.11. The predicted molar refractivity (Wildman–Crippen MR) is 69.3 cm³/mol. The Bertz CT molecular complexity index is 446. The molecule has 0 bridgehead atoms. The number of nitrogen functional groups attached to an aromatic ring is 1. The SMILES string of the molecule is CC1CN(C)C(C)C2c3cc(N)ccc3OC12. The van der Waals surface area contributed by atoms with Gasteiger partial charge in [-0.15, -0.1) is 0 Å². The Labute approximate surface area is 103 Å². The van der Waals surface area contributed by atoms with E-state index in [4.69, 9.17) is 10.5 Å². The lowest BCUT2D eigenvalue weighted by atomic mass is 9.79. The zero-order chi connectivity index (χ0) is 12.2. The van der Waals surface area contributed by atoms with Crippen molar-refractivity contribution in [1.29, 1.82) is 0 Å². The van der Waals surface area contributed by atoms with Crippen molar-refractivity contribution in [3.8, 4) is 5.75 Å². The van der Waals surface area contributed by atoms with Gasteiger partial charge in [-0.05, 0) is 32.2 Å². The highest BCUT2D eigenvalue weighted by molar-refractivity contribution is 5.52. The normalized spacial score (nSPS) is 36.2. The van der Waals surface area contributed by atoms with Crippen molar-refractivity contribution < 1.29 is 4.74 Å². The average molecular weight is 232 g/mol. The molecule has 1 fully saturated rings. The zero-order valence-electron chi connectivity index (χ0n) is 10.7. The van der Waals surface area contributed by atoms with E-state index >= 15 is 0 Å². The number of nitrogens with zero attached hydrogens (tertiary/aromatic N) is 1. The molecule has 2 aliphatic rings. The third kappa shape index (κ3) is 1.53. The van der Waals surface area contributed by atoms with Crippen LogP contribution in [0.25, 0.3) is 0 Å². The van der Waals surface area contributed by atoms with Gasteiger partial charge in [-0.3, -0.25) is 0 Å². The second-order valence-electron chi connectivity index (χ2n) is 5.56. The maximum atomic E-state index is 6.11. The topological polar surface area (TPSA) is 38.5 Å². The van der Waals surface area contributed by atoms with Crippen LogP contribution >= 0.6 is 0 Å². The molecule has 4 unspecified atom stereocenters. The van der Waals surface area contributed by atoms with Crippen LogP contribution in [-0.4, -0.2) is 30.6 Å².